The topological polar surface area (TPSA) is 106 Å². The van der Waals surface area contributed by atoms with Gasteiger partial charge in [0.1, 0.15) is 17.3 Å². The van der Waals surface area contributed by atoms with E-state index in [0.29, 0.717) is 23.2 Å². The number of hydrogen-bond donors (Lipinski definition) is 2. The Kier molecular flexibility index (Phi) is 5.20. The zero-order chi connectivity index (χ0) is 19.4. The Balaban J connectivity index is 2.03. The van der Waals surface area contributed by atoms with Crippen molar-refractivity contribution in [1.82, 2.24) is 15.0 Å². The third-order valence-electron chi connectivity index (χ3n) is 3.49. The van der Waals surface area contributed by atoms with E-state index < -0.39 is 10.7 Å². The summed E-state index contributed by atoms with van der Waals surface area (Å²) in [5.74, 6) is -0.0183. The lowest BCUT2D eigenvalue weighted by molar-refractivity contribution is -0.384. The SMILES string of the molecule is CC(C)Nc1nc(Nc2ccc(F)cc2[N+](=O)[O-])cc(-c2ccccn2)n1. The van der Waals surface area contributed by atoms with Crippen molar-refractivity contribution >= 4 is 23.1 Å². The molecule has 8 nitrogen and oxygen atoms in total. The molecule has 0 radical (unpaired) electrons. The Bertz CT molecular complexity index is 965. The summed E-state index contributed by atoms with van der Waals surface area (Å²) >= 11 is 0. The molecule has 27 heavy (non-hydrogen) atoms. The number of nitro groups is 1. The molecular formula is C18H17FN6O2. The van der Waals surface area contributed by atoms with Gasteiger partial charge in [-0.1, -0.05) is 6.07 Å². The summed E-state index contributed by atoms with van der Waals surface area (Å²) in [6.07, 6.45) is 1.64. The highest BCUT2D eigenvalue weighted by Gasteiger charge is 2.17. The fourth-order valence-electron chi connectivity index (χ4n) is 2.38. The molecular weight excluding hydrogens is 351 g/mol. The molecule has 2 N–H and O–H groups in total. The molecule has 0 aliphatic heterocycles. The highest BCUT2D eigenvalue weighted by Crippen LogP contribution is 2.29. The summed E-state index contributed by atoms with van der Waals surface area (Å²) in [6, 6.07) is 10.4. The van der Waals surface area contributed by atoms with Gasteiger partial charge < -0.3 is 10.6 Å². The van der Waals surface area contributed by atoms with Crippen LogP contribution in [-0.2, 0) is 0 Å². The van der Waals surface area contributed by atoms with Crippen LogP contribution in [0.4, 0.5) is 27.5 Å². The molecule has 0 unspecified atom stereocenters. The van der Waals surface area contributed by atoms with Crippen LogP contribution in [0.5, 0.6) is 0 Å². The fourth-order valence-corrected chi connectivity index (χ4v) is 2.38. The van der Waals surface area contributed by atoms with E-state index in [4.69, 9.17) is 0 Å². The number of rotatable bonds is 6. The standard InChI is InChI=1S/C18H17FN6O2/c1-11(2)21-18-23-15(13-5-3-4-8-20-13)10-17(24-18)22-14-7-6-12(19)9-16(14)25(26)27/h3-11H,1-2H3,(H2,21,22,23,24). The fraction of sp³-hybridized carbons (Fsp3) is 0.167. The number of nitro benzene ring substituents is 1. The lowest BCUT2D eigenvalue weighted by Gasteiger charge is -2.13. The summed E-state index contributed by atoms with van der Waals surface area (Å²) in [5.41, 5.74) is 0.915. The van der Waals surface area contributed by atoms with Crippen molar-refractivity contribution in [3.8, 4) is 11.4 Å². The molecule has 0 bridgehead atoms. The van der Waals surface area contributed by atoms with Gasteiger partial charge in [-0.25, -0.2) is 9.37 Å². The highest BCUT2D eigenvalue weighted by molar-refractivity contribution is 5.70. The number of aromatic nitrogens is 3. The molecule has 1 aromatic carbocycles. The molecule has 0 fully saturated rings. The van der Waals surface area contributed by atoms with E-state index in [2.05, 4.69) is 25.6 Å². The first-order chi connectivity index (χ1) is 12.9. The van der Waals surface area contributed by atoms with Gasteiger partial charge in [0.2, 0.25) is 5.95 Å². The van der Waals surface area contributed by atoms with Crippen molar-refractivity contribution in [3.05, 3.63) is 64.6 Å². The largest absolute Gasteiger partial charge is 0.352 e. The second kappa shape index (κ2) is 7.73. The minimum atomic E-state index is -0.689. The lowest BCUT2D eigenvalue weighted by atomic mass is 10.2. The Morgan fingerprint density at radius 2 is 1.93 bits per heavy atom. The van der Waals surface area contributed by atoms with Gasteiger partial charge in [-0.05, 0) is 38.1 Å². The van der Waals surface area contributed by atoms with E-state index in [9.17, 15) is 14.5 Å². The molecule has 2 aromatic heterocycles. The molecule has 9 heteroatoms. The van der Waals surface area contributed by atoms with Crippen molar-refractivity contribution in [1.29, 1.82) is 0 Å². The number of nitrogens with one attached hydrogen (secondary N) is 2. The van der Waals surface area contributed by atoms with Crippen molar-refractivity contribution in [3.63, 3.8) is 0 Å². The monoisotopic (exact) mass is 368 g/mol. The summed E-state index contributed by atoms with van der Waals surface area (Å²) in [7, 11) is 0. The smallest absolute Gasteiger partial charge is 0.295 e. The quantitative estimate of drug-likeness (QED) is 0.497. The van der Waals surface area contributed by atoms with Crippen LogP contribution >= 0.6 is 0 Å². The van der Waals surface area contributed by atoms with E-state index in [0.717, 1.165) is 12.1 Å². The molecule has 0 aliphatic rings. The van der Waals surface area contributed by atoms with E-state index in [1.54, 1.807) is 24.4 Å². The van der Waals surface area contributed by atoms with Crippen LogP contribution in [0.25, 0.3) is 11.4 Å². The molecule has 0 saturated heterocycles. The minimum absolute atomic E-state index is 0.0805. The number of hydrogen-bond acceptors (Lipinski definition) is 7. The van der Waals surface area contributed by atoms with Crippen LogP contribution in [0.3, 0.4) is 0 Å². The average Bonchev–Trinajstić information content (AvgIpc) is 2.63. The van der Waals surface area contributed by atoms with Gasteiger partial charge in [0, 0.05) is 18.3 Å². The second-order valence-electron chi connectivity index (χ2n) is 6.02. The lowest BCUT2D eigenvalue weighted by Crippen LogP contribution is -2.13. The molecule has 0 atom stereocenters. The van der Waals surface area contributed by atoms with Crippen LogP contribution in [0.15, 0.2) is 48.7 Å². The van der Waals surface area contributed by atoms with Crippen LogP contribution in [-0.4, -0.2) is 25.9 Å². The van der Waals surface area contributed by atoms with E-state index in [1.807, 2.05) is 19.9 Å². The number of anilines is 3. The van der Waals surface area contributed by atoms with Gasteiger partial charge in [-0.3, -0.25) is 15.1 Å². The number of nitrogens with zero attached hydrogens (tertiary/aromatic N) is 4. The summed E-state index contributed by atoms with van der Waals surface area (Å²) in [5, 5.41) is 17.2. The van der Waals surface area contributed by atoms with Gasteiger partial charge >= 0.3 is 0 Å². The highest BCUT2D eigenvalue weighted by atomic mass is 19.1. The zero-order valence-corrected chi connectivity index (χ0v) is 14.7. The first-order valence-electron chi connectivity index (χ1n) is 8.20. The number of pyridine rings is 1. The molecule has 3 aromatic rings. The van der Waals surface area contributed by atoms with Gasteiger partial charge in [0.25, 0.3) is 5.69 Å². The normalized spacial score (nSPS) is 10.7. The second-order valence-corrected chi connectivity index (χ2v) is 6.02. The molecule has 3 rings (SSSR count). The molecule has 0 saturated carbocycles. The Morgan fingerprint density at radius 3 is 2.59 bits per heavy atom. The van der Waals surface area contributed by atoms with Crippen molar-refractivity contribution in [2.24, 2.45) is 0 Å². The number of halogens is 1. The Hall–Kier alpha value is -3.62. The Labute approximate surface area is 154 Å². The molecule has 0 spiro atoms. The summed E-state index contributed by atoms with van der Waals surface area (Å²) in [4.78, 5) is 23.6. The minimum Gasteiger partial charge on any atom is -0.352 e. The average molecular weight is 368 g/mol. The van der Waals surface area contributed by atoms with Crippen molar-refractivity contribution in [2.75, 3.05) is 10.6 Å². The van der Waals surface area contributed by atoms with Gasteiger partial charge in [0.15, 0.2) is 0 Å². The van der Waals surface area contributed by atoms with E-state index >= 15 is 0 Å². The maximum Gasteiger partial charge on any atom is 0.295 e. The first-order valence-corrected chi connectivity index (χ1v) is 8.20. The summed E-state index contributed by atoms with van der Waals surface area (Å²) < 4.78 is 13.4. The van der Waals surface area contributed by atoms with Crippen LogP contribution in [0, 0.1) is 15.9 Å². The van der Waals surface area contributed by atoms with Gasteiger partial charge in [0.05, 0.1) is 22.4 Å². The predicted octanol–water partition coefficient (Wildman–Crippen LogP) is 4.15. The van der Waals surface area contributed by atoms with E-state index in [1.165, 1.54) is 6.07 Å². The molecule has 2 heterocycles. The van der Waals surface area contributed by atoms with Crippen molar-refractivity contribution in [2.45, 2.75) is 19.9 Å². The molecule has 138 valence electrons. The maximum atomic E-state index is 13.4. The molecule has 0 aliphatic carbocycles. The van der Waals surface area contributed by atoms with Gasteiger partial charge in [-0.2, -0.15) is 4.98 Å². The van der Waals surface area contributed by atoms with E-state index in [-0.39, 0.29) is 17.4 Å². The third kappa shape index (κ3) is 4.51. The first kappa shape index (κ1) is 18.2. The van der Waals surface area contributed by atoms with Crippen LogP contribution in [0.2, 0.25) is 0 Å². The predicted molar refractivity (Wildman–Crippen MR) is 100 cm³/mol. The Morgan fingerprint density at radius 1 is 1.11 bits per heavy atom. The maximum absolute atomic E-state index is 13.4. The van der Waals surface area contributed by atoms with Crippen LogP contribution < -0.4 is 10.6 Å². The summed E-state index contributed by atoms with van der Waals surface area (Å²) in [6.45, 7) is 3.88. The van der Waals surface area contributed by atoms with Gasteiger partial charge in [-0.15, -0.1) is 0 Å². The third-order valence-corrected chi connectivity index (χ3v) is 3.49. The van der Waals surface area contributed by atoms with Crippen molar-refractivity contribution < 1.29 is 9.31 Å². The number of benzene rings is 1. The molecule has 0 amide bonds. The zero-order valence-electron chi connectivity index (χ0n) is 14.7. The van der Waals surface area contributed by atoms with Crippen LogP contribution in [0.1, 0.15) is 13.8 Å².